The standard InChI is InChI=1S/C26H22ClN5O3S/c1-36(34,35)31-20-10-26(11-20)22-4-2-3-5-23(22)32(25(26)33)14-19-9-16-8-18(27)6-7-21(16)24(30-19)17-12-28-15-29-13-17/h2-9,12-13,15,20,31H,10-11,14H2,1H3. The first-order valence-electron chi connectivity index (χ1n) is 11.5. The highest BCUT2D eigenvalue weighted by molar-refractivity contribution is 7.88. The molecule has 10 heteroatoms. The number of nitrogens with one attached hydrogen (secondary N) is 1. The van der Waals surface area contributed by atoms with E-state index >= 15 is 0 Å². The lowest BCUT2D eigenvalue weighted by Gasteiger charge is -2.43. The zero-order valence-electron chi connectivity index (χ0n) is 19.3. The van der Waals surface area contributed by atoms with E-state index in [9.17, 15) is 13.2 Å². The largest absolute Gasteiger partial charge is 0.305 e. The van der Waals surface area contributed by atoms with Gasteiger partial charge in [-0.1, -0.05) is 35.9 Å². The number of amides is 1. The van der Waals surface area contributed by atoms with Crippen LogP contribution in [0.15, 0.2) is 67.3 Å². The van der Waals surface area contributed by atoms with Crippen molar-refractivity contribution in [2.45, 2.75) is 30.8 Å². The third-order valence-electron chi connectivity index (χ3n) is 6.94. The van der Waals surface area contributed by atoms with Crippen LogP contribution in [0.5, 0.6) is 0 Å². The van der Waals surface area contributed by atoms with E-state index in [1.165, 1.54) is 6.33 Å². The number of hydrogen-bond acceptors (Lipinski definition) is 6. The minimum Gasteiger partial charge on any atom is -0.305 e. The molecule has 182 valence electrons. The first-order valence-corrected chi connectivity index (χ1v) is 13.7. The molecular weight excluding hydrogens is 498 g/mol. The predicted octanol–water partition coefficient (Wildman–Crippen LogP) is 3.84. The summed E-state index contributed by atoms with van der Waals surface area (Å²) < 4.78 is 26.1. The molecule has 1 fully saturated rings. The number of halogens is 1. The summed E-state index contributed by atoms with van der Waals surface area (Å²) in [7, 11) is -3.35. The molecule has 3 heterocycles. The van der Waals surface area contributed by atoms with E-state index in [-0.39, 0.29) is 18.5 Å². The maximum absolute atomic E-state index is 13.8. The number of carbonyl (C=O) groups excluding carboxylic acids is 1. The first-order chi connectivity index (χ1) is 17.2. The van der Waals surface area contributed by atoms with Crippen molar-refractivity contribution < 1.29 is 13.2 Å². The van der Waals surface area contributed by atoms with Crippen LogP contribution in [0.2, 0.25) is 5.02 Å². The molecular formula is C26H22ClN5O3S. The van der Waals surface area contributed by atoms with Crippen LogP contribution in [0.3, 0.4) is 0 Å². The molecule has 1 aliphatic carbocycles. The lowest BCUT2D eigenvalue weighted by molar-refractivity contribution is -0.126. The van der Waals surface area contributed by atoms with Gasteiger partial charge in [-0.2, -0.15) is 0 Å². The zero-order valence-corrected chi connectivity index (χ0v) is 20.9. The summed E-state index contributed by atoms with van der Waals surface area (Å²) in [6.45, 7) is 0.269. The van der Waals surface area contributed by atoms with E-state index in [1.807, 2.05) is 48.5 Å². The van der Waals surface area contributed by atoms with Crippen molar-refractivity contribution in [3.63, 3.8) is 0 Å². The number of anilines is 1. The highest BCUT2D eigenvalue weighted by Gasteiger charge is 2.58. The van der Waals surface area contributed by atoms with E-state index in [2.05, 4.69) is 14.7 Å². The molecule has 2 aromatic carbocycles. The summed E-state index contributed by atoms with van der Waals surface area (Å²) in [5.74, 6) is -0.0344. The summed E-state index contributed by atoms with van der Waals surface area (Å²) in [5, 5.41) is 2.42. The van der Waals surface area contributed by atoms with Crippen molar-refractivity contribution in [3.8, 4) is 11.3 Å². The van der Waals surface area contributed by atoms with Crippen molar-refractivity contribution in [2.75, 3.05) is 11.2 Å². The van der Waals surface area contributed by atoms with Crippen molar-refractivity contribution in [2.24, 2.45) is 0 Å². The molecule has 6 rings (SSSR count). The molecule has 8 nitrogen and oxygen atoms in total. The topological polar surface area (TPSA) is 105 Å². The molecule has 1 aliphatic heterocycles. The van der Waals surface area contributed by atoms with Gasteiger partial charge in [0, 0.05) is 40.1 Å². The summed E-state index contributed by atoms with van der Waals surface area (Å²) in [4.78, 5) is 28.8. The van der Waals surface area contributed by atoms with Gasteiger partial charge in [-0.05, 0) is 48.1 Å². The summed E-state index contributed by atoms with van der Waals surface area (Å²) >= 11 is 6.29. The Kier molecular flexibility index (Phi) is 5.33. The number of para-hydroxylation sites is 1. The highest BCUT2D eigenvalue weighted by Crippen LogP contribution is 2.54. The average Bonchev–Trinajstić information content (AvgIpc) is 3.06. The van der Waals surface area contributed by atoms with Crippen molar-refractivity contribution >= 4 is 44.0 Å². The molecule has 1 N–H and O–H groups in total. The molecule has 0 unspecified atom stereocenters. The molecule has 2 aliphatic rings. The second-order valence-corrected chi connectivity index (χ2v) is 11.7. The highest BCUT2D eigenvalue weighted by atomic mass is 35.5. The van der Waals surface area contributed by atoms with Crippen LogP contribution in [-0.2, 0) is 26.8 Å². The maximum atomic E-state index is 13.8. The van der Waals surface area contributed by atoms with Crippen LogP contribution in [0.25, 0.3) is 22.0 Å². The third kappa shape index (κ3) is 3.84. The number of pyridine rings is 1. The number of aromatic nitrogens is 3. The van der Waals surface area contributed by atoms with Gasteiger partial charge in [-0.15, -0.1) is 0 Å². The fourth-order valence-electron chi connectivity index (χ4n) is 5.48. The van der Waals surface area contributed by atoms with Crippen LogP contribution < -0.4 is 9.62 Å². The lowest BCUT2D eigenvalue weighted by atomic mass is 9.62. The van der Waals surface area contributed by atoms with Gasteiger partial charge in [0.15, 0.2) is 0 Å². The smallest absolute Gasteiger partial charge is 0.238 e. The molecule has 4 aromatic rings. The number of fused-ring (bicyclic) bond motifs is 3. The van der Waals surface area contributed by atoms with Gasteiger partial charge in [0.05, 0.1) is 29.6 Å². The molecule has 1 saturated carbocycles. The first kappa shape index (κ1) is 23.0. The number of sulfonamides is 1. The second-order valence-electron chi connectivity index (χ2n) is 9.44. The van der Waals surface area contributed by atoms with Crippen LogP contribution in [0.1, 0.15) is 24.1 Å². The summed E-state index contributed by atoms with van der Waals surface area (Å²) in [5.41, 5.74) is 3.23. The Morgan fingerprint density at radius 3 is 2.61 bits per heavy atom. The number of hydrogen-bond donors (Lipinski definition) is 1. The van der Waals surface area contributed by atoms with Crippen molar-refractivity contribution in [1.29, 1.82) is 0 Å². The zero-order chi connectivity index (χ0) is 25.1. The molecule has 0 bridgehead atoms. The van der Waals surface area contributed by atoms with Crippen LogP contribution in [-0.4, -0.2) is 41.6 Å². The van der Waals surface area contributed by atoms with Gasteiger partial charge in [-0.25, -0.2) is 23.1 Å². The molecule has 2 aromatic heterocycles. The monoisotopic (exact) mass is 519 g/mol. The normalized spacial score (nSPS) is 21.1. The van der Waals surface area contributed by atoms with E-state index in [1.54, 1.807) is 17.3 Å². The molecule has 0 radical (unpaired) electrons. The summed E-state index contributed by atoms with van der Waals surface area (Å²) in [6.07, 6.45) is 6.89. The Hall–Kier alpha value is -3.40. The Balaban J connectivity index is 1.39. The van der Waals surface area contributed by atoms with E-state index in [0.717, 1.165) is 39.5 Å². The Morgan fingerprint density at radius 1 is 1.11 bits per heavy atom. The fraction of sp³-hybridized carbons (Fsp3) is 0.231. The van der Waals surface area contributed by atoms with E-state index in [4.69, 9.17) is 16.6 Å². The van der Waals surface area contributed by atoms with Gasteiger partial charge >= 0.3 is 0 Å². The maximum Gasteiger partial charge on any atom is 0.238 e. The second kappa shape index (κ2) is 8.33. The van der Waals surface area contributed by atoms with E-state index < -0.39 is 15.4 Å². The van der Waals surface area contributed by atoms with Crippen LogP contribution in [0.4, 0.5) is 5.69 Å². The number of benzene rings is 2. The van der Waals surface area contributed by atoms with Gasteiger partial charge in [-0.3, -0.25) is 9.78 Å². The lowest BCUT2D eigenvalue weighted by Crippen LogP contribution is -2.57. The van der Waals surface area contributed by atoms with Gasteiger partial charge in [0.25, 0.3) is 0 Å². The minimum atomic E-state index is -3.35. The number of nitrogens with zero attached hydrogens (tertiary/aromatic N) is 4. The van der Waals surface area contributed by atoms with Gasteiger partial charge in [0.2, 0.25) is 15.9 Å². The van der Waals surface area contributed by atoms with Crippen molar-refractivity contribution in [3.05, 3.63) is 83.5 Å². The van der Waals surface area contributed by atoms with Gasteiger partial charge in [0.1, 0.15) is 6.33 Å². The minimum absolute atomic E-state index is 0.0344. The molecule has 0 atom stereocenters. The Morgan fingerprint density at radius 2 is 1.86 bits per heavy atom. The van der Waals surface area contributed by atoms with Crippen LogP contribution >= 0.6 is 11.6 Å². The quantitative estimate of drug-likeness (QED) is 0.429. The SMILES string of the molecule is CS(=O)(=O)NC1CC2(C1)C(=O)N(Cc1cc3cc(Cl)ccc3c(-c3cncnc3)n1)c1ccccc12. The fourth-order valence-corrected chi connectivity index (χ4v) is 6.44. The van der Waals surface area contributed by atoms with Crippen molar-refractivity contribution in [1.82, 2.24) is 19.7 Å². The Bertz CT molecular complexity index is 1620. The number of carbonyl (C=O) groups is 1. The Labute approximate surface area is 213 Å². The average molecular weight is 520 g/mol. The summed E-state index contributed by atoms with van der Waals surface area (Å²) in [6, 6.07) is 15.0. The van der Waals surface area contributed by atoms with E-state index in [0.29, 0.717) is 23.6 Å². The molecule has 36 heavy (non-hydrogen) atoms. The van der Waals surface area contributed by atoms with Gasteiger partial charge < -0.3 is 4.90 Å². The number of rotatable bonds is 5. The van der Waals surface area contributed by atoms with Crippen LogP contribution in [0, 0.1) is 0 Å². The molecule has 0 saturated heterocycles. The predicted molar refractivity (Wildman–Crippen MR) is 138 cm³/mol. The molecule has 1 spiro atoms. The third-order valence-corrected chi connectivity index (χ3v) is 7.93. The molecule has 1 amide bonds.